The number of nitriles is 2. The molecule has 0 aromatic heterocycles. The Balaban J connectivity index is 3.40. The van der Waals surface area contributed by atoms with E-state index in [1.165, 1.54) is 13.8 Å². The van der Waals surface area contributed by atoms with Crippen LogP contribution < -0.4 is 0 Å². The molecule has 0 bridgehead atoms. The maximum absolute atomic E-state index is 12.1. The molecule has 0 heterocycles. The summed E-state index contributed by atoms with van der Waals surface area (Å²) in [7, 11) is 0. The molecule has 20 heavy (non-hydrogen) atoms. The number of nitrogens with zero attached hydrogens (tertiary/aromatic N) is 2. The van der Waals surface area contributed by atoms with E-state index < -0.39 is 28.5 Å². The molecule has 0 aromatic carbocycles. The van der Waals surface area contributed by atoms with Gasteiger partial charge in [-0.05, 0) is 20.8 Å². The first-order chi connectivity index (χ1) is 9.28. The van der Waals surface area contributed by atoms with Crippen molar-refractivity contribution in [2.75, 3.05) is 6.61 Å². The minimum atomic E-state index is -1.75. The smallest absolute Gasteiger partial charge is 0.327 e. The maximum atomic E-state index is 12.1. The molecule has 1 rings (SSSR count). The standard InChI is InChI=1S/C14H16N2O4/c1-4-20-12(19)14(8-16)6-11(18)13(3,7-15)10(14)5-9(2)17/h10H,4-6H2,1-3H3/t10-,13+,14-/m1/s1. The Labute approximate surface area is 117 Å². The van der Waals surface area contributed by atoms with Crippen LogP contribution in [-0.4, -0.2) is 24.1 Å². The van der Waals surface area contributed by atoms with Crippen molar-refractivity contribution < 1.29 is 19.1 Å². The van der Waals surface area contributed by atoms with Crippen LogP contribution in [0.15, 0.2) is 0 Å². The zero-order valence-electron chi connectivity index (χ0n) is 11.7. The van der Waals surface area contributed by atoms with E-state index in [9.17, 15) is 24.9 Å². The number of carbonyl (C=O) groups excluding carboxylic acids is 3. The van der Waals surface area contributed by atoms with Gasteiger partial charge >= 0.3 is 5.97 Å². The minimum Gasteiger partial charge on any atom is -0.465 e. The van der Waals surface area contributed by atoms with Gasteiger partial charge in [0, 0.05) is 18.8 Å². The number of Topliss-reactive ketones (excluding diaryl/α,β-unsaturated/α-hetero) is 2. The number of hydrogen-bond donors (Lipinski definition) is 0. The van der Waals surface area contributed by atoms with Crippen LogP contribution in [0.3, 0.4) is 0 Å². The van der Waals surface area contributed by atoms with Crippen LogP contribution in [0.2, 0.25) is 0 Å². The summed E-state index contributed by atoms with van der Waals surface area (Å²) in [5, 5.41) is 18.7. The van der Waals surface area contributed by atoms with Crippen molar-refractivity contribution in [2.45, 2.75) is 33.6 Å². The Kier molecular flexibility index (Phi) is 4.29. The lowest BCUT2D eigenvalue weighted by molar-refractivity contribution is -0.155. The zero-order chi connectivity index (χ0) is 15.6. The van der Waals surface area contributed by atoms with E-state index in [0.717, 1.165) is 0 Å². The van der Waals surface area contributed by atoms with Gasteiger partial charge in [0.25, 0.3) is 0 Å². The third kappa shape index (κ3) is 2.18. The Hall–Kier alpha value is -2.21. The summed E-state index contributed by atoms with van der Waals surface area (Å²) in [5.41, 5.74) is -3.27. The Morgan fingerprint density at radius 3 is 2.40 bits per heavy atom. The molecule has 0 aromatic rings. The summed E-state index contributed by atoms with van der Waals surface area (Å²) in [6, 6.07) is 3.71. The summed E-state index contributed by atoms with van der Waals surface area (Å²) in [6.07, 6.45) is -0.563. The van der Waals surface area contributed by atoms with Gasteiger partial charge in [-0.25, -0.2) is 0 Å². The molecule has 0 amide bonds. The molecule has 3 atom stereocenters. The van der Waals surface area contributed by atoms with E-state index in [0.29, 0.717) is 0 Å². The average Bonchev–Trinajstić information content (AvgIpc) is 2.61. The number of ketones is 2. The van der Waals surface area contributed by atoms with Crippen LogP contribution in [0.1, 0.15) is 33.6 Å². The number of carbonyl (C=O) groups is 3. The number of esters is 1. The summed E-state index contributed by atoms with van der Waals surface area (Å²) in [5.74, 6) is -2.59. The molecule has 1 aliphatic rings. The van der Waals surface area contributed by atoms with E-state index >= 15 is 0 Å². The fourth-order valence-electron chi connectivity index (χ4n) is 2.69. The third-order valence-electron chi connectivity index (χ3n) is 3.87. The van der Waals surface area contributed by atoms with E-state index in [2.05, 4.69) is 0 Å². The molecule has 0 unspecified atom stereocenters. The minimum absolute atomic E-state index is 0.0620. The van der Waals surface area contributed by atoms with Gasteiger partial charge in [0.15, 0.2) is 11.2 Å². The Morgan fingerprint density at radius 1 is 1.40 bits per heavy atom. The van der Waals surface area contributed by atoms with E-state index in [4.69, 9.17) is 4.74 Å². The SMILES string of the molecule is CCOC(=O)[C@@]1(C#N)CC(=O)[C@@](C)(C#N)[C@H]1CC(C)=O. The second-order valence-corrected chi connectivity index (χ2v) is 5.18. The lowest BCUT2D eigenvalue weighted by Crippen LogP contribution is -2.40. The van der Waals surface area contributed by atoms with Crippen molar-refractivity contribution in [1.29, 1.82) is 10.5 Å². The normalized spacial score (nSPS) is 32.2. The lowest BCUT2D eigenvalue weighted by atomic mass is 9.68. The largest absolute Gasteiger partial charge is 0.465 e. The second kappa shape index (κ2) is 5.42. The molecule has 0 N–H and O–H groups in total. The molecule has 1 fully saturated rings. The number of hydrogen-bond acceptors (Lipinski definition) is 6. The highest BCUT2D eigenvalue weighted by molar-refractivity contribution is 5.99. The predicted octanol–water partition coefficient (Wildman–Crippen LogP) is 1.16. The van der Waals surface area contributed by atoms with Crippen molar-refractivity contribution in [3.05, 3.63) is 0 Å². The molecule has 0 saturated heterocycles. The first-order valence-electron chi connectivity index (χ1n) is 6.31. The second-order valence-electron chi connectivity index (χ2n) is 5.18. The monoisotopic (exact) mass is 276 g/mol. The number of rotatable bonds is 4. The van der Waals surface area contributed by atoms with Crippen molar-refractivity contribution in [1.82, 2.24) is 0 Å². The van der Waals surface area contributed by atoms with Gasteiger partial charge < -0.3 is 9.53 Å². The highest BCUT2D eigenvalue weighted by Crippen LogP contribution is 2.53. The molecule has 1 saturated carbocycles. The van der Waals surface area contributed by atoms with Crippen LogP contribution in [0.5, 0.6) is 0 Å². The molecule has 106 valence electrons. The lowest BCUT2D eigenvalue weighted by Gasteiger charge is -2.30. The quantitative estimate of drug-likeness (QED) is 0.713. The van der Waals surface area contributed by atoms with E-state index in [1.807, 2.05) is 12.1 Å². The van der Waals surface area contributed by atoms with Gasteiger partial charge in [-0.1, -0.05) is 0 Å². The first kappa shape index (κ1) is 15.8. The van der Waals surface area contributed by atoms with E-state index in [1.54, 1.807) is 6.92 Å². The molecule has 6 heteroatoms. The van der Waals surface area contributed by atoms with Crippen LogP contribution in [0.25, 0.3) is 0 Å². The van der Waals surface area contributed by atoms with Crippen LogP contribution in [0.4, 0.5) is 0 Å². The molecular formula is C14H16N2O4. The first-order valence-corrected chi connectivity index (χ1v) is 6.31. The average molecular weight is 276 g/mol. The summed E-state index contributed by atoms with van der Waals surface area (Å²) in [6.45, 7) is 4.32. The molecule has 6 nitrogen and oxygen atoms in total. The Bertz CT molecular complexity index is 542. The maximum Gasteiger partial charge on any atom is 0.327 e. The molecular weight excluding hydrogens is 260 g/mol. The molecule has 0 spiro atoms. The third-order valence-corrected chi connectivity index (χ3v) is 3.87. The van der Waals surface area contributed by atoms with E-state index in [-0.39, 0.29) is 25.2 Å². The van der Waals surface area contributed by atoms with Gasteiger partial charge in [-0.15, -0.1) is 0 Å². The van der Waals surface area contributed by atoms with Gasteiger partial charge in [0.2, 0.25) is 0 Å². The fraction of sp³-hybridized carbons (Fsp3) is 0.643. The van der Waals surface area contributed by atoms with Crippen molar-refractivity contribution >= 4 is 17.5 Å². The summed E-state index contributed by atoms with van der Waals surface area (Å²) < 4.78 is 4.88. The highest BCUT2D eigenvalue weighted by atomic mass is 16.5. The summed E-state index contributed by atoms with van der Waals surface area (Å²) in [4.78, 5) is 35.6. The molecule has 0 radical (unpaired) electrons. The van der Waals surface area contributed by atoms with Crippen molar-refractivity contribution in [2.24, 2.45) is 16.7 Å². The van der Waals surface area contributed by atoms with Gasteiger partial charge in [-0.2, -0.15) is 10.5 Å². The Morgan fingerprint density at radius 2 is 2.00 bits per heavy atom. The van der Waals surface area contributed by atoms with Gasteiger partial charge in [0.1, 0.15) is 11.2 Å². The van der Waals surface area contributed by atoms with Crippen molar-refractivity contribution in [3.63, 3.8) is 0 Å². The van der Waals surface area contributed by atoms with Crippen LogP contribution in [0, 0.1) is 39.4 Å². The topological polar surface area (TPSA) is 108 Å². The van der Waals surface area contributed by atoms with Crippen molar-refractivity contribution in [3.8, 4) is 12.1 Å². The van der Waals surface area contributed by atoms with Gasteiger partial charge in [0.05, 0.1) is 18.7 Å². The fourth-order valence-corrected chi connectivity index (χ4v) is 2.69. The summed E-state index contributed by atoms with van der Waals surface area (Å²) >= 11 is 0. The van der Waals surface area contributed by atoms with Crippen LogP contribution in [-0.2, 0) is 19.1 Å². The van der Waals surface area contributed by atoms with Gasteiger partial charge in [-0.3, -0.25) is 9.59 Å². The highest BCUT2D eigenvalue weighted by Gasteiger charge is 2.65. The number of ether oxygens (including phenoxy) is 1. The predicted molar refractivity (Wildman–Crippen MR) is 66.8 cm³/mol. The van der Waals surface area contributed by atoms with Crippen LogP contribution >= 0.6 is 0 Å². The molecule has 1 aliphatic carbocycles. The molecule has 0 aliphatic heterocycles. The zero-order valence-corrected chi connectivity index (χ0v) is 11.7.